The Labute approximate surface area is 125 Å². The van der Waals surface area contributed by atoms with Gasteiger partial charge in [0.05, 0.1) is 16.9 Å². The smallest absolute Gasteiger partial charge is 0.0726 e. The molecule has 0 fully saturated rings. The van der Waals surface area contributed by atoms with E-state index < -0.39 is 0 Å². The Kier molecular flexibility index (Phi) is 3.84. The fourth-order valence-corrected chi connectivity index (χ4v) is 2.64. The Hall–Kier alpha value is -2.39. The average Bonchev–Trinajstić information content (AvgIpc) is 2.56. The largest absolute Gasteiger partial charge is 0.341 e. The predicted molar refractivity (Wildman–Crippen MR) is 88.8 cm³/mol. The molecule has 2 N–H and O–H groups in total. The number of hydrogen-bond acceptors (Lipinski definition) is 3. The molecule has 106 valence electrons. The van der Waals surface area contributed by atoms with Gasteiger partial charge >= 0.3 is 0 Å². The molecule has 3 heteroatoms. The lowest BCUT2D eigenvalue weighted by Crippen LogP contribution is -2.17. The number of pyridine rings is 1. The lowest BCUT2D eigenvalue weighted by molar-refractivity contribution is 0.985. The van der Waals surface area contributed by atoms with E-state index in [0.717, 1.165) is 28.8 Å². The van der Waals surface area contributed by atoms with Crippen molar-refractivity contribution >= 4 is 22.3 Å². The van der Waals surface area contributed by atoms with Gasteiger partial charge in [0, 0.05) is 24.2 Å². The maximum absolute atomic E-state index is 5.81. The van der Waals surface area contributed by atoms with Crippen LogP contribution in [0.25, 0.3) is 10.9 Å². The Balaban J connectivity index is 2.22. The summed E-state index contributed by atoms with van der Waals surface area (Å²) in [5.74, 6) is 0. The van der Waals surface area contributed by atoms with Crippen molar-refractivity contribution in [3.05, 3.63) is 66.4 Å². The van der Waals surface area contributed by atoms with Gasteiger partial charge in [0.15, 0.2) is 0 Å². The van der Waals surface area contributed by atoms with E-state index >= 15 is 0 Å². The summed E-state index contributed by atoms with van der Waals surface area (Å²) in [6, 6.07) is 20.7. The van der Waals surface area contributed by atoms with Gasteiger partial charge in [0.1, 0.15) is 0 Å². The Morgan fingerprint density at radius 1 is 1.00 bits per heavy atom. The summed E-state index contributed by atoms with van der Waals surface area (Å²) in [5.41, 5.74) is 10.1. The molecule has 3 rings (SSSR count). The van der Waals surface area contributed by atoms with Crippen molar-refractivity contribution in [1.82, 2.24) is 4.98 Å². The molecule has 2 aromatic carbocycles. The number of anilines is 2. The van der Waals surface area contributed by atoms with Crippen LogP contribution in [-0.4, -0.2) is 11.5 Å². The fraction of sp³-hybridized carbons (Fsp3) is 0.167. The molecule has 0 saturated carbocycles. The van der Waals surface area contributed by atoms with E-state index in [0.29, 0.717) is 6.54 Å². The maximum atomic E-state index is 5.81. The van der Waals surface area contributed by atoms with Crippen molar-refractivity contribution in [1.29, 1.82) is 0 Å². The Bertz CT molecular complexity index is 738. The molecule has 0 aliphatic carbocycles. The van der Waals surface area contributed by atoms with E-state index in [1.165, 1.54) is 5.69 Å². The maximum Gasteiger partial charge on any atom is 0.0726 e. The third kappa shape index (κ3) is 2.60. The number of nitrogens with two attached hydrogens (primary N) is 1. The molecule has 1 heterocycles. The van der Waals surface area contributed by atoms with E-state index in [-0.39, 0.29) is 0 Å². The second-order valence-electron chi connectivity index (χ2n) is 4.93. The first-order valence-corrected chi connectivity index (χ1v) is 7.24. The molecule has 0 atom stereocenters. The average molecular weight is 277 g/mol. The monoisotopic (exact) mass is 277 g/mol. The second-order valence-corrected chi connectivity index (χ2v) is 4.93. The van der Waals surface area contributed by atoms with Crippen LogP contribution in [-0.2, 0) is 6.54 Å². The van der Waals surface area contributed by atoms with Gasteiger partial charge in [-0.2, -0.15) is 0 Å². The summed E-state index contributed by atoms with van der Waals surface area (Å²) in [5, 5.41) is 1.15. The van der Waals surface area contributed by atoms with E-state index in [1.54, 1.807) is 0 Å². The summed E-state index contributed by atoms with van der Waals surface area (Å²) >= 11 is 0. The van der Waals surface area contributed by atoms with Crippen LogP contribution in [0.4, 0.5) is 11.4 Å². The van der Waals surface area contributed by atoms with E-state index in [2.05, 4.69) is 59.3 Å². The van der Waals surface area contributed by atoms with Crippen LogP contribution < -0.4 is 10.6 Å². The number of nitrogens with zero attached hydrogens (tertiary/aromatic N) is 2. The summed E-state index contributed by atoms with van der Waals surface area (Å²) in [7, 11) is 0. The van der Waals surface area contributed by atoms with E-state index in [4.69, 9.17) is 5.73 Å². The van der Waals surface area contributed by atoms with Crippen LogP contribution in [0, 0.1) is 0 Å². The van der Waals surface area contributed by atoms with Crippen molar-refractivity contribution in [2.45, 2.75) is 13.5 Å². The third-order valence-electron chi connectivity index (χ3n) is 3.63. The van der Waals surface area contributed by atoms with Crippen molar-refractivity contribution < 1.29 is 0 Å². The summed E-state index contributed by atoms with van der Waals surface area (Å²) in [4.78, 5) is 6.91. The highest BCUT2D eigenvalue weighted by molar-refractivity contribution is 5.94. The zero-order chi connectivity index (χ0) is 14.7. The van der Waals surface area contributed by atoms with Gasteiger partial charge in [0.25, 0.3) is 0 Å². The van der Waals surface area contributed by atoms with Gasteiger partial charge in [-0.1, -0.05) is 36.4 Å². The molecule has 0 spiro atoms. The normalized spacial score (nSPS) is 10.8. The molecule has 0 unspecified atom stereocenters. The van der Waals surface area contributed by atoms with Gasteiger partial charge in [-0.15, -0.1) is 0 Å². The molecule has 1 aromatic heterocycles. The molecule has 0 bridgehead atoms. The van der Waals surface area contributed by atoms with Crippen LogP contribution in [0.1, 0.15) is 12.6 Å². The van der Waals surface area contributed by atoms with Crippen LogP contribution in [0.2, 0.25) is 0 Å². The molecule has 0 saturated heterocycles. The highest BCUT2D eigenvalue weighted by Gasteiger charge is 2.12. The first-order chi connectivity index (χ1) is 10.3. The van der Waals surface area contributed by atoms with Gasteiger partial charge in [-0.3, -0.25) is 4.98 Å². The quantitative estimate of drug-likeness (QED) is 0.787. The zero-order valence-electron chi connectivity index (χ0n) is 12.2. The van der Waals surface area contributed by atoms with Crippen molar-refractivity contribution in [3.8, 4) is 0 Å². The SMILES string of the molecule is CCN(c1ccccc1)c1cc(CN)nc2ccccc12. The second kappa shape index (κ2) is 5.94. The van der Waals surface area contributed by atoms with Crippen molar-refractivity contribution in [3.63, 3.8) is 0 Å². The van der Waals surface area contributed by atoms with Crippen LogP contribution in [0.15, 0.2) is 60.7 Å². The number of para-hydroxylation sites is 2. The highest BCUT2D eigenvalue weighted by Crippen LogP contribution is 2.32. The number of aromatic nitrogens is 1. The van der Waals surface area contributed by atoms with Crippen molar-refractivity contribution in [2.75, 3.05) is 11.4 Å². The Morgan fingerprint density at radius 2 is 1.71 bits per heavy atom. The number of benzene rings is 2. The van der Waals surface area contributed by atoms with Crippen molar-refractivity contribution in [2.24, 2.45) is 5.73 Å². The topological polar surface area (TPSA) is 42.1 Å². The summed E-state index contributed by atoms with van der Waals surface area (Å²) in [6.45, 7) is 3.50. The molecule has 0 amide bonds. The van der Waals surface area contributed by atoms with Gasteiger partial charge < -0.3 is 10.6 Å². The molecule has 3 aromatic rings. The Morgan fingerprint density at radius 3 is 2.43 bits per heavy atom. The molecule has 0 aliphatic rings. The fourth-order valence-electron chi connectivity index (χ4n) is 2.64. The predicted octanol–water partition coefficient (Wildman–Crippen LogP) is 3.85. The molecular weight excluding hydrogens is 258 g/mol. The molecular formula is C18H19N3. The lowest BCUT2D eigenvalue weighted by atomic mass is 10.1. The van der Waals surface area contributed by atoms with Crippen LogP contribution in [0.5, 0.6) is 0 Å². The van der Waals surface area contributed by atoms with Crippen LogP contribution >= 0.6 is 0 Å². The minimum absolute atomic E-state index is 0.449. The molecule has 0 aliphatic heterocycles. The number of hydrogen-bond donors (Lipinski definition) is 1. The summed E-state index contributed by atoms with van der Waals surface area (Å²) < 4.78 is 0. The van der Waals surface area contributed by atoms with E-state index in [9.17, 15) is 0 Å². The summed E-state index contributed by atoms with van der Waals surface area (Å²) in [6.07, 6.45) is 0. The van der Waals surface area contributed by atoms with Crippen LogP contribution in [0.3, 0.4) is 0 Å². The standard InChI is InChI=1S/C18H19N3/c1-2-21(15-8-4-3-5-9-15)18-12-14(13-19)20-17-11-7-6-10-16(17)18/h3-12H,2,13,19H2,1H3. The molecule has 21 heavy (non-hydrogen) atoms. The highest BCUT2D eigenvalue weighted by atomic mass is 15.1. The number of rotatable bonds is 4. The van der Waals surface area contributed by atoms with E-state index in [1.807, 2.05) is 18.2 Å². The third-order valence-corrected chi connectivity index (χ3v) is 3.63. The van der Waals surface area contributed by atoms with Gasteiger partial charge in [0.2, 0.25) is 0 Å². The zero-order valence-corrected chi connectivity index (χ0v) is 12.2. The first kappa shape index (κ1) is 13.6. The van der Waals surface area contributed by atoms with Gasteiger partial charge in [-0.25, -0.2) is 0 Å². The minimum atomic E-state index is 0.449. The molecule has 3 nitrogen and oxygen atoms in total. The molecule has 0 radical (unpaired) electrons. The lowest BCUT2D eigenvalue weighted by Gasteiger charge is -2.25. The number of fused-ring (bicyclic) bond motifs is 1. The minimum Gasteiger partial charge on any atom is -0.341 e. The van der Waals surface area contributed by atoms with Gasteiger partial charge in [-0.05, 0) is 31.2 Å². The first-order valence-electron chi connectivity index (χ1n) is 7.24.